The van der Waals surface area contributed by atoms with E-state index in [0.717, 1.165) is 5.57 Å². The fourth-order valence-corrected chi connectivity index (χ4v) is 2.84. The molecule has 0 atom stereocenters. The molecule has 0 radical (unpaired) electrons. The first-order valence-corrected chi connectivity index (χ1v) is 7.42. The van der Waals surface area contributed by atoms with E-state index in [-0.39, 0.29) is 11.4 Å². The number of ether oxygens (including phenoxy) is 1. The lowest BCUT2D eigenvalue weighted by Gasteiger charge is -2.33. The SMILES string of the molecule is COC(=O)C(Br)=C(C)C=CC1=C(C)CCCC1(C)C. The molecule has 0 unspecified atom stereocenters. The Morgan fingerprint density at radius 2 is 2.05 bits per heavy atom. The van der Waals surface area contributed by atoms with Crippen molar-refractivity contribution in [2.24, 2.45) is 5.41 Å². The number of allylic oxidation sites excluding steroid dienone is 5. The zero-order valence-electron chi connectivity index (χ0n) is 12.5. The van der Waals surface area contributed by atoms with Gasteiger partial charge in [0.1, 0.15) is 4.48 Å². The van der Waals surface area contributed by atoms with Gasteiger partial charge < -0.3 is 4.74 Å². The van der Waals surface area contributed by atoms with Crippen molar-refractivity contribution in [1.82, 2.24) is 0 Å². The number of rotatable bonds is 3. The van der Waals surface area contributed by atoms with Gasteiger partial charge in [-0.2, -0.15) is 0 Å². The summed E-state index contributed by atoms with van der Waals surface area (Å²) in [5, 5.41) is 0. The van der Waals surface area contributed by atoms with E-state index in [2.05, 4.69) is 42.8 Å². The lowest BCUT2D eigenvalue weighted by molar-refractivity contribution is -0.135. The summed E-state index contributed by atoms with van der Waals surface area (Å²) in [7, 11) is 1.39. The van der Waals surface area contributed by atoms with Gasteiger partial charge in [0, 0.05) is 0 Å². The van der Waals surface area contributed by atoms with Gasteiger partial charge in [0.05, 0.1) is 7.11 Å². The Morgan fingerprint density at radius 3 is 2.58 bits per heavy atom. The first-order chi connectivity index (χ1) is 8.79. The van der Waals surface area contributed by atoms with Gasteiger partial charge in [-0.25, -0.2) is 4.79 Å². The van der Waals surface area contributed by atoms with Crippen LogP contribution in [0.25, 0.3) is 0 Å². The van der Waals surface area contributed by atoms with Crippen molar-refractivity contribution >= 4 is 21.9 Å². The van der Waals surface area contributed by atoms with E-state index < -0.39 is 0 Å². The molecule has 106 valence electrons. The fraction of sp³-hybridized carbons (Fsp3) is 0.562. The maximum absolute atomic E-state index is 11.4. The Hall–Kier alpha value is -0.830. The molecule has 0 aromatic rings. The Labute approximate surface area is 124 Å². The minimum Gasteiger partial charge on any atom is -0.465 e. The van der Waals surface area contributed by atoms with Gasteiger partial charge >= 0.3 is 5.97 Å². The van der Waals surface area contributed by atoms with Crippen molar-refractivity contribution in [2.75, 3.05) is 7.11 Å². The van der Waals surface area contributed by atoms with Gasteiger partial charge in [-0.15, -0.1) is 0 Å². The molecule has 0 N–H and O–H groups in total. The van der Waals surface area contributed by atoms with Crippen molar-refractivity contribution in [2.45, 2.75) is 47.0 Å². The molecule has 0 aliphatic heterocycles. The van der Waals surface area contributed by atoms with Crippen molar-refractivity contribution in [3.63, 3.8) is 0 Å². The van der Waals surface area contributed by atoms with Crippen LogP contribution in [0, 0.1) is 5.41 Å². The van der Waals surface area contributed by atoms with E-state index >= 15 is 0 Å². The molecule has 0 aromatic heterocycles. The lowest BCUT2D eigenvalue weighted by Crippen LogP contribution is -2.19. The van der Waals surface area contributed by atoms with E-state index in [0.29, 0.717) is 4.48 Å². The summed E-state index contributed by atoms with van der Waals surface area (Å²) in [4.78, 5) is 11.4. The number of carbonyl (C=O) groups is 1. The van der Waals surface area contributed by atoms with Crippen molar-refractivity contribution < 1.29 is 9.53 Å². The molecule has 19 heavy (non-hydrogen) atoms. The van der Waals surface area contributed by atoms with Crippen LogP contribution in [-0.4, -0.2) is 13.1 Å². The van der Waals surface area contributed by atoms with Gasteiger partial charge in [-0.1, -0.05) is 31.6 Å². The summed E-state index contributed by atoms with van der Waals surface area (Å²) in [5.41, 5.74) is 3.95. The average molecular weight is 327 g/mol. The summed E-state index contributed by atoms with van der Waals surface area (Å²) >= 11 is 3.28. The zero-order chi connectivity index (χ0) is 14.6. The molecule has 0 aromatic carbocycles. The highest BCUT2D eigenvalue weighted by molar-refractivity contribution is 9.12. The Bertz CT molecular complexity index is 453. The highest BCUT2D eigenvalue weighted by Gasteiger charge is 2.26. The van der Waals surface area contributed by atoms with Crippen LogP contribution >= 0.6 is 15.9 Å². The molecule has 1 aliphatic rings. The Balaban J connectivity index is 3.01. The maximum atomic E-state index is 11.4. The molecular weight excluding hydrogens is 304 g/mol. The highest BCUT2D eigenvalue weighted by Crippen LogP contribution is 2.40. The summed E-state index contributed by atoms with van der Waals surface area (Å²) in [6, 6.07) is 0. The molecule has 0 saturated carbocycles. The van der Waals surface area contributed by atoms with Crippen LogP contribution < -0.4 is 0 Å². The number of esters is 1. The molecule has 0 bridgehead atoms. The minimum atomic E-state index is -0.337. The Morgan fingerprint density at radius 1 is 1.42 bits per heavy atom. The van der Waals surface area contributed by atoms with Gasteiger partial charge in [0.15, 0.2) is 0 Å². The van der Waals surface area contributed by atoms with Gasteiger partial charge in [-0.05, 0) is 65.6 Å². The van der Waals surface area contributed by atoms with Crippen molar-refractivity contribution in [3.05, 3.63) is 33.4 Å². The molecule has 3 heteroatoms. The molecule has 0 fully saturated rings. The molecule has 0 amide bonds. The van der Waals surface area contributed by atoms with Crippen molar-refractivity contribution in [3.8, 4) is 0 Å². The first-order valence-electron chi connectivity index (χ1n) is 6.62. The fourth-order valence-electron chi connectivity index (χ4n) is 2.54. The first kappa shape index (κ1) is 16.2. The quantitative estimate of drug-likeness (QED) is 0.418. The molecule has 0 spiro atoms. The number of halogens is 1. The predicted molar refractivity (Wildman–Crippen MR) is 83.1 cm³/mol. The standard InChI is InChI=1S/C16H23BrO2/c1-11-7-6-10-16(3,4)13(11)9-8-12(2)14(17)15(18)19-5/h8-9H,6-7,10H2,1-5H3. The summed E-state index contributed by atoms with van der Waals surface area (Å²) < 4.78 is 5.18. The van der Waals surface area contributed by atoms with Crippen LogP contribution in [0.4, 0.5) is 0 Å². The summed E-state index contributed by atoms with van der Waals surface area (Å²) in [6.45, 7) is 8.67. The number of methoxy groups -OCH3 is 1. The molecule has 2 nitrogen and oxygen atoms in total. The molecular formula is C16H23BrO2. The third-order valence-corrected chi connectivity index (χ3v) is 4.70. The smallest absolute Gasteiger partial charge is 0.345 e. The second-order valence-corrected chi connectivity index (χ2v) is 6.55. The molecule has 1 rings (SSSR count). The second kappa shape index (κ2) is 6.56. The number of hydrogen-bond acceptors (Lipinski definition) is 2. The van der Waals surface area contributed by atoms with Crippen LogP contribution in [0.5, 0.6) is 0 Å². The second-order valence-electron chi connectivity index (χ2n) is 5.75. The van der Waals surface area contributed by atoms with Crippen LogP contribution in [-0.2, 0) is 9.53 Å². The van der Waals surface area contributed by atoms with Crippen LogP contribution in [0.15, 0.2) is 33.4 Å². The lowest BCUT2D eigenvalue weighted by atomic mass is 9.72. The Kier molecular flexibility index (Phi) is 5.60. The van der Waals surface area contributed by atoms with E-state index in [9.17, 15) is 4.79 Å². The van der Waals surface area contributed by atoms with Gasteiger partial charge in [0.25, 0.3) is 0 Å². The highest BCUT2D eigenvalue weighted by atomic mass is 79.9. The third kappa shape index (κ3) is 4.07. The van der Waals surface area contributed by atoms with E-state index in [4.69, 9.17) is 4.74 Å². The zero-order valence-corrected chi connectivity index (χ0v) is 14.1. The van der Waals surface area contributed by atoms with E-state index in [1.807, 2.05) is 13.0 Å². The maximum Gasteiger partial charge on any atom is 0.345 e. The van der Waals surface area contributed by atoms with Crippen molar-refractivity contribution in [1.29, 1.82) is 0 Å². The topological polar surface area (TPSA) is 26.3 Å². The predicted octanol–water partition coefficient (Wildman–Crippen LogP) is 4.91. The average Bonchev–Trinajstić information content (AvgIpc) is 2.35. The van der Waals surface area contributed by atoms with Gasteiger partial charge in [0.2, 0.25) is 0 Å². The normalized spacial score (nSPS) is 20.5. The third-order valence-electron chi connectivity index (χ3n) is 3.75. The monoisotopic (exact) mass is 326 g/mol. The largest absolute Gasteiger partial charge is 0.465 e. The van der Waals surface area contributed by atoms with E-state index in [1.54, 1.807) is 0 Å². The molecule has 0 heterocycles. The number of hydrogen-bond donors (Lipinski definition) is 0. The van der Waals surface area contributed by atoms with Crippen LogP contribution in [0.1, 0.15) is 47.0 Å². The summed E-state index contributed by atoms with van der Waals surface area (Å²) in [6.07, 6.45) is 7.78. The van der Waals surface area contributed by atoms with E-state index in [1.165, 1.54) is 37.5 Å². The number of carbonyl (C=O) groups excluding carboxylic acids is 1. The van der Waals surface area contributed by atoms with Crippen LogP contribution in [0.2, 0.25) is 0 Å². The van der Waals surface area contributed by atoms with Gasteiger partial charge in [-0.3, -0.25) is 0 Å². The minimum absolute atomic E-state index is 0.219. The molecule has 0 saturated heterocycles. The molecule has 1 aliphatic carbocycles. The van der Waals surface area contributed by atoms with Crippen LogP contribution in [0.3, 0.4) is 0 Å². The summed E-state index contributed by atoms with van der Waals surface area (Å²) in [5.74, 6) is -0.337.